The first-order valence-electron chi connectivity index (χ1n) is 7.92. The van der Waals surface area contributed by atoms with E-state index in [2.05, 4.69) is 65.8 Å². The highest BCUT2D eigenvalue weighted by Crippen LogP contribution is 2.28. The van der Waals surface area contributed by atoms with Crippen LogP contribution in [-0.4, -0.2) is 31.1 Å². The maximum atomic E-state index is 6.15. The SMILES string of the molecule is CN1CC(NCc2ccccc2)CC(c2cccc(Cl)c2)C1. The number of likely N-dealkylation sites (N-methyl/N-ethyl adjacent to an activating group) is 1. The third kappa shape index (κ3) is 4.10. The van der Waals surface area contributed by atoms with Crippen molar-refractivity contribution in [2.75, 3.05) is 20.1 Å². The van der Waals surface area contributed by atoms with Gasteiger partial charge in [0.05, 0.1) is 0 Å². The zero-order valence-corrected chi connectivity index (χ0v) is 13.8. The first-order valence-corrected chi connectivity index (χ1v) is 8.30. The molecule has 2 unspecified atom stereocenters. The van der Waals surface area contributed by atoms with E-state index >= 15 is 0 Å². The second kappa shape index (κ2) is 7.28. The second-order valence-electron chi connectivity index (χ2n) is 6.27. The molecule has 1 aliphatic heterocycles. The van der Waals surface area contributed by atoms with E-state index in [4.69, 9.17) is 11.6 Å². The summed E-state index contributed by atoms with van der Waals surface area (Å²) in [7, 11) is 2.20. The summed E-state index contributed by atoms with van der Waals surface area (Å²) in [5.74, 6) is 0.547. The Kier molecular flexibility index (Phi) is 5.14. The van der Waals surface area contributed by atoms with Crippen molar-refractivity contribution in [3.05, 3.63) is 70.7 Å². The summed E-state index contributed by atoms with van der Waals surface area (Å²) in [6.07, 6.45) is 1.16. The molecule has 0 amide bonds. The standard InChI is InChI=1S/C19H23ClN2/c1-22-13-17(16-8-5-9-18(20)10-16)11-19(14-22)21-12-15-6-3-2-4-7-15/h2-10,17,19,21H,11-14H2,1H3. The normalized spacial score (nSPS) is 22.6. The molecule has 1 saturated heterocycles. The van der Waals surface area contributed by atoms with E-state index in [1.165, 1.54) is 11.1 Å². The fourth-order valence-electron chi connectivity index (χ4n) is 3.33. The topological polar surface area (TPSA) is 15.3 Å². The van der Waals surface area contributed by atoms with Gasteiger partial charge in [-0.25, -0.2) is 0 Å². The fourth-order valence-corrected chi connectivity index (χ4v) is 3.53. The van der Waals surface area contributed by atoms with E-state index < -0.39 is 0 Å². The van der Waals surface area contributed by atoms with Crippen LogP contribution in [0.1, 0.15) is 23.5 Å². The maximum Gasteiger partial charge on any atom is 0.0408 e. The van der Waals surface area contributed by atoms with Gasteiger partial charge in [-0.3, -0.25) is 0 Å². The maximum absolute atomic E-state index is 6.15. The van der Waals surface area contributed by atoms with Gasteiger partial charge in [-0.15, -0.1) is 0 Å². The van der Waals surface area contributed by atoms with Crippen LogP contribution in [0.5, 0.6) is 0 Å². The van der Waals surface area contributed by atoms with Gasteiger partial charge in [-0.2, -0.15) is 0 Å². The van der Waals surface area contributed by atoms with E-state index in [0.29, 0.717) is 12.0 Å². The van der Waals surface area contributed by atoms with Gasteiger partial charge in [0.15, 0.2) is 0 Å². The monoisotopic (exact) mass is 314 g/mol. The lowest BCUT2D eigenvalue weighted by Gasteiger charge is -2.36. The molecular weight excluding hydrogens is 292 g/mol. The van der Waals surface area contributed by atoms with E-state index in [1.54, 1.807) is 0 Å². The molecule has 1 aliphatic rings. The van der Waals surface area contributed by atoms with Crippen LogP contribution in [0.3, 0.4) is 0 Å². The molecule has 2 aromatic rings. The van der Waals surface area contributed by atoms with Crippen molar-refractivity contribution in [2.45, 2.75) is 24.9 Å². The molecular formula is C19H23ClN2. The highest BCUT2D eigenvalue weighted by Gasteiger charge is 2.26. The molecule has 1 N–H and O–H groups in total. The van der Waals surface area contributed by atoms with Crippen LogP contribution < -0.4 is 5.32 Å². The Hall–Kier alpha value is -1.35. The van der Waals surface area contributed by atoms with Crippen molar-refractivity contribution < 1.29 is 0 Å². The first kappa shape index (κ1) is 15.5. The molecule has 0 radical (unpaired) electrons. The molecule has 2 atom stereocenters. The molecule has 0 aliphatic carbocycles. The molecule has 3 rings (SSSR count). The van der Waals surface area contributed by atoms with Crippen LogP contribution in [0.15, 0.2) is 54.6 Å². The van der Waals surface area contributed by atoms with Crippen molar-refractivity contribution in [1.82, 2.24) is 10.2 Å². The van der Waals surface area contributed by atoms with Gasteiger partial charge < -0.3 is 10.2 Å². The Bertz CT molecular complexity index is 599. The number of hydrogen-bond acceptors (Lipinski definition) is 2. The molecule has 0 saturated carbocycles. The summed E-state index contributed by atoms with van der Waals surface area (Å²) in [6.45, 7) is 3.13. The van der Waals surface area contributed by atoms with E-state index in [-0.39, 0.29) is 0 Å². The van der Waals surface area contributed by atoms with Crippen LogP contribution >= 0.6 is 11.6 Å². The Morgan fingerprint density at radius 2 is 1.91 bits per heavy atom. The zero-order chi connectivity index (χ0) is 15.4. The Morgan fingerprint density at radius 3 is 2.68 bits per heavy atom. The predicted octanol–water partition coefficient (Wildman–Crippen LogP) is 3.92. The molecule has 22 heavy (non-hydrogen) atoms. The number of benzene rings is 2. The quantitative estimate of drug-likeness (QED) is 0.920. The van der Waals surface area contributed by atoms with Crippen molar-refractivity contribution >= 4 is 11.6 Å². The van der Waals surface area contributed by atoms with E-state index in [1.807, 2.05) is 6.07 Å². The highest BCUT2D eigenvalue weighted by atomic mass is 35.5. The summed E-state index contributed by atoms with van der Waals surface area (Å²) >= 11 is 6.15. The summed E-state index contributed by atoms with van der Waals surface area (Å²) in [5.41, 5.74) is 2.69. The average Bonchev–Trinajstić information content (AvgIpc) is 2.53. The van der Waals surface area contributed by atoms with Gasteiger partial charge in [0.1, 0.15) is 0 Å². The minimum Gasteiger partial charge on any atom is -0.309 e. The third-order valence-corrected chi connectivity index (χ3v) is 4.63. The van der Waals surface area contributed by atoms with Crippen LogP contribution in [0.4, 0.5) is 0 Å². The highest BCUT2D eigenvalue weighted by molar-refractivity contribution is 6.30. The van der Waals surface area contributed by atoms with Gasteiger partial charge in [0.25, 0.3) is 0 Å². The van der Waals surface area contributed by atoms with Gasteiger partial charge >= 0.3 is 0 Å². The predicted molar refractivity (Wildman–Crippen MR) is 93.4 cm³/mol. The molecule has 3 heteroatoms. The summed E-state index contributed by atoms with van der Waals surface area (Å²) in [6, 6.07) is 19.4. The van der Waals surface area contributed by atoms with Gasteiger partial charge in [-0.1, -0.05) is 54.1 Å². The van der Waals surface area contributed by atoms with Gasteiger partial charge in [0.2, 0.25) is 0 Å². The van der Waals surface area contributed by atoms with Crippen molar-refractivity contribution in [2.24, 2.45) is 0 Å². The van der Waals surface area contributed by atoms with E-state index in [0.717, 1.165) is 31.1 Å². The summed E-state index contributed by atoms with van der Waals surface area (Å²) in [4.78, 5) is 2.41. The number of hydrogen-bond donors (Lipinski definition) is 1. The molecule has 2 aromatic carbocycles. The Balaban J connectivity index is 1.63. The van der Waals surface area contributed by atoms with Crippen molar-refractivity contribution in [1.29, 1.82) is 0 Å². The second-order valence-corrected chi connectivity index (χ2v) is 6.71. The molecule has 1 heterocycles. The molecule has 0 aromatic heterocycles. The number of nitrogens with zero attached hydrogens (tertiary/aromatic N) is 1. The minimum atomic E-state index is 0.517. The minimum absolute atomic E-state index is 0.517. The van der Waals surface area contributed by atoms with Crippen molar-refractivity contribution in [3.8, 4) is 0 Å². The number of likely N-dealkylation sites (tertiary alicyclic amines) is 1. The molecule has 0 spiro atoms. The number of nitrogens with one attached hydrogen (secondary N) is 1. The lowest BCUT2D eigenvalue weighted by molar-refractivity contribution is 0.204. The Labute approximate surface area is 138 Å². The number of rotatable bonds is 4. The molecule has 1 fully saturated rings. The number of halogens is 1. The van der Waals surface area contributed by atoms with Crippen LogP contribution in [0.2, 0.25) is 5.02 Å². The lowest BCUT2D eigenvalue weighted by Crippen LogP contribution is -2.46. The van der Waals surface area contributed by atoms with Gasteiger partial charge in [0, 0.05) is 30.7 Å². The zero-order valence-electron chi connectivity index (χ0n) is 13.0. The molecule has 0 bridgehead atoms. The van der Waals surface area contributed by atoms with Crippen LogP contribution in [0, 0.1) is 0 Å². The Morgan fingerprint density at radius 1 is 1.09 bits per heavy atom. The van der Waals surface area contributed by atoms with Crippen LogP contribution in [-0.2, 0) is 6.54 Å². The average molecular weight is 315 g/mol. The van der Waals surface area contributed by atoms with E-state index in [9.17, 15) is 0 Å². The third-order valence-electron chi connectivity index (χ3n) is 4.39. The largest absolute Gasteiger partial charge is 0.309 e. The molecule has 2 nitrogen and oxygen atoms in total. The summed E-state index contributed by atoms with van der Waals surface area (Å²) < 4.78 is 0. The smallest absolute Gasteiger partial charge is 0.0408 e. The fraction of sp³-hybridized carbons (Fsp3) is 0.368. The molecule has 116 valence electrons. The van der Waals surface area contributed by atoms with Crippen LogP contribution in [0.25, 0.3) is 0 Å². The lowest BCUT2D eigenvalue weighted by atomic mass is 9.88. The summed E-state index contributed by atoms with van der Waals surface area (Å²) in [5, 5.41) is 4.54. The first-order chi connectivity index (χ1) is 10.7. The van der Waals surface area contributed by atoms with Gasteiger partial charge in [-0.05, 0) is 42.6 Å². The number of piperidine rings is 1. The van der Waals surface area contributed by atoms with Crippen molar-refractivity contribution in [3.63, 3.8) is 0 Å².